The molecule has 0 aromatic carbocycles. The minimum absolute atomic E-state index is 0.0978. The smallest absolute Gasteiger partial charge is 0.233 e. The lowest BCUT2D eigenvalue weighted by atomic mass is 10.2. The summed E-state index contributed by atoms with van der Waals surface area (Å²) in [5.41, 5.74) is 2.13. The van der Waals surface area contributed by atoms with Crippen LogP contribution >= 0.6 is 0 Å². The van der Waals surface area contributed by atoms with Gasteiger partial charge in [-0.05, 0) is 19.3 Å². The predicted octanol–water partition coefficient (Wildman–Crippen LogP) is 0.996. The van der Waals surface area contributed by atoms with Crippen LogP contribution in [0.5, 0.6) is 0 Å². The molecule has 0 saturated heterocycles. The van der Waals surface area contributed by atoms with Gasteiger partial charge in [-0.2, -0.15) is 0 Å². The molecule has 1 heterocycles. The summed E-state index contributed by atoms with van der Waals surface area (Å²) < 4.78 is 2.16. The third-order valence-electron chi connectivity index (χ3n) is 2.49. The number of carbonyl (C=O) groups excluding carboxylic acids is 1. The van der Waals surface area contributed by atoms with Crippen LogP contribution in [0, 0.1) is 0 Å². The maximum Gasteiger partial charge on any atom is 0.233 e. The average Bonchev–Trinajstić information content (AvgIpc) is 2.72. The van der Waals surface area contributed by atoms with Crippen molar-refractivity contribution in [3.63, 3.8) is 0 Å². The van der Waals surface area contributed by atoms with Crippen LogP contribution in [0.25, 0.3) is 0 Å². The molecule has 0 saturated carbocycles. The lowest BCUT2D eigenvalue weighted by Gasteiger charge is -2.06. The van der Waals surface area contributed by atoms with Gasteiger partial charge in [-0.15, -0.1) is 0 Å². The summed E-state index contributed by atoms with van der Waals surface area (Å²) >= 11 is 0. The van der Waals surface area contributed by atoms with E-state index >= 15 is 0 Å². The Bertz CT molecular complexity index is 322. The number of carbonyl (C=O) groups is 1. The Kier molecular flexibility index (Phi) is 5.56. The minimum atomic E-state index is -0.0978. The molecule has 0 radical (unpaired) electrons. The van der Waals surface area contributed by atoms with Crippen molar-refractivity contribution in [2.45, 2.75) is 45.6 Å². The first-order chi connectivity index (χ1) is 7.77. The molecule has 0 atom stereocenters. The molecule has 1 aromatic rings. The number of nitrogens with one attached hydrogen (secondary N) is 1. The highest BCUT2D eigenvalue weighted by molar-refractivity contribution is 5.74. The molecular formula is C11H20N4O. The van der Waals surface area contributed by atoms with Gasteiger partial charge in [-0.3, -0.25) is 10.2 Å². The fourth-order valence-corrected chi connectivity index (χ4v) is 1.64. The Hall–Kier alpha value is -1.36. The molecule has 0 bridgehead atoms. The van der Waals surface area contributed by atoms with Crippen molar-refractivity contribution in [2.75, 3.05) is 0 Å². The van der Waals surface area contributed by atoms with E-state index < -0.39 is 0 Å². The predicted molar refractivity (Wildman–Crippen MR) is 62.4 cm³/mol. The number of amides is 1. The number of aromatic nitrogens is 2. The Balaban J connectivity index is 2.26. The van der Waals surface area contributed by atoms with E-state index in [1.165, 1.54) is 0 Å². The SMILES string of the molecule is CCCc1nccn1CCCCC(=O)NN. The Morgan fingerprint density at radius 2 is 2.38 bits per heavy atom. The lowest BCUT2D eigenvalue weighted by molar-refractivity contribution is -0.121. The molecule has 1 amide bonds. The molecule has 5 heteroatoms. The number of hydrogen-bond acceptors (Lipinski definition) is 3. The highest BCUT2D eigenvalue weighted by Crippen LogP contribution is 2.05. The van der Waals surface area contributed by atoms with Crippen LogP contribution in [-0.4, -0.2) is 15.5 Å². The van der Waals surface area contributed by atoms with Gasteiger partial charge in [0, 0.05) is 31.8 Å². The average molecular weight is 224 g/mol. The number of hydrazine groups is 1. The van der Waals surface area contributed by atoms with Crippen molar-refractivity contribution in [3.05, 3.63) is 18.2 Å². The molecule has 0 spiro atoms. The largest absolute Gasteiger partial charge is 0.335 e. The van der Waals surface area contributed by atoms with Crippen molar-refractivity contribution in [2.24, 2.45) is 5.84 Å². The quantitative estimate of drug-likeness (QED) is 0.314. The van der Waals surface area contributed by atoms with E-state index in [2.05, 4.69) is 21.9 Å². The number of hydrogen-bond donors (Lipinski definition) is 2. The second-order valence-corrected chi connectivity index (χ2v) is 3.81. The summed E-state index contributed by atoms with van der Waals surface area (Å²) in [7, 11) is 0. The second kappa shape index (κ2) is 7.00. The number of nitrogens with two attached hydrogens (primary N) is 1. The molecule has 90 valence electrons. The van der Waals surface area contributed by atoms with Crippen LogP contribution < -0.4 is 11.3 Å². The van der Waals surface area contributed by atoms with Crippen LogP contribution in [0.1, 0.15) is 38.4 Å². The van der Waals surface area contributed by atoms with Crippen LogP contribution in [0.2, 0.25) is 0 Å². The van der Waals surface area contributed by atoms with Crippen LogP contribution in [-0.2, 0) is 17.8 Å². The van der Waals surface area contributed by atoms with E-state index in [1.54, 1.807) is 0 Å². The molecule has 1 aromatic heterocycles. The number of rotatable bonds is 7. The van der Waals surface area contributed by atoms with Crippen LogP contribution in [0.3, 0.4) is 0 Å². The maximum atomic E-state index is 10.9. The van der Waals surface area contributed by atoms with Gasteiger partial charge in [0.2, 0.25) is 5.91 Å². The summed E-state index contributed by atoms with van der Waals surface area (Å²) in [5, 5.41) is 0. The van der Waals surface area contributed by atoms with Gasteiger partial charge in [-0.1, -0.05) is 6.92 Å². The number of aryl methyl sites for hydroxylation is 2. The van der Waals surface area contributed by atoms with Gasteiger partial charge < -0.3 is 4.57 Å². The van der Waals surface area contributed by atoms with Crippen LogP contribution in [0.15, 0.2) is 12.4 Å². The third kappa shape index (κ3) is 4.02. The standard InChI is InChI=1S/C11H20N4O/c1-2-5-10-13-7-9-15(10)8-4-3-6-11(16)14-12/h7,9H,2-6,8,12H2,1H3,(H,14,16). The lowest BCUT2D eigenvalue weighted by Crippen LogP contribution is -2.29. The van der Waals surface area contributed by atoms with E-state index in [0.717, 1.165) is 38.1 Å². The highest BCUT2D eigenvalue weighted by Gasteiger charge is 2.02. The molecule has 0 aliphatic heterocycles. The fourth-order valence-electron chi connectivity index (χ4n) is 1.64. The fraction of sp³-hybridized carbons (Fsp3) is 0.636. The van der Waals surface area contributed by atoms with Gasteiger partial charge >= 0.3 is 0 Å². The van der Waals surface area contributed by atoms with E-state index in [-0.39, 0.29) is 5.91 Å². The number of nitrogens with zero attached hydrogens (tertiary/aromatic N) is 2. The summed E-state index contributed by atoms with van der Waals surface area (Å²) in [6.45, 7) is 3.07. The first kappa shape index (κ1) is 12.7. The topological polar surface area (TPSA) is 72.9 Å². The summed E-state index contributed by atoms with van der Waals surface area (Å²) in [4.78, 5) is 15.2. The molecule has 5 nitrogen and oxygen atoms in total. The molecule has 0 aliphatic carbocycles. The van der Waals surface area contributed by atoms with Crippen molar-refractivity contribution in [3.8, 4) is 0 Å². The van der Waals surface area contributed by atoms with Crippen molar-refractivity contribution < 1.29 is 4.79 Å². The molecule has 0 unspecified atom stereocenters. The van der Waals surface area contributed by atoms with E-state index in [1.807, 2.05) is 12.4 Å². The highest BCUT2D eigenvalue weighted by atomic mass is 16.2. The summed E-state index contributed by atoms with van der Waals surface area (Å²) in [6, 6.07) is 0. The summed E-state index contributed by atoms with van der Waals surface area (Å²) in [6.07, 6.45) is 8.26. The van der Waals surface area contributed by atoms with Gasteiger partial charge in [0.15, 0.2) is 0 Å². The van der Waals surface area contributed by atoms with E-state index in [4.69, 9.17) is 5.84 Å². The van der Waals surface area contributed by atoms with Crippen molar-refractivity contribution in [1.29, 1.82) is 0 Å². The summed E-state index contributed by atoms with van der Waals surface area (Å²) in [5.74, 6) is 6.03. The first-order valence-electron chi connectivity index (χ1n) is 5.77. The van der Waals surface area contributed by atoms with Crippen LogP contribution in [0.4, 0.5) is 0 Å². The van der Waals surface area contributed by atoms with Crippen molar-refractivity contribution in [1.82, 2.24) is 15.0 Å². The molecule has 0 aliphatic rings. The van der Waals surface area contributed by atoms with Gasteiger partial charge in [0.05, 0.1) is 0 Å². The molecular weight excluding hydrogens is 204 g/mol. The molecule has 3 N–H and O–H groups in total. The first-order valence-corrected chi connectivity index (χ1v) is 5.77. The Labute approximate surface area is 96.0 Å². The maximum absolute atomic E-state index is 10.9. The zero-order valence-electron chi connectivity index (χ0n) is 9.78. The van der Waals surface area contributed by atoms with Gasteiger partial charge in [-0.25, -0.2) is 10.8 Å². The molecule has 0 fully saturated rings. The van der Waals surface area contributed by atoms with Crippen molar-refractivity contribution >= 4 is 5.91 Å². The van der Waals surface area contributed by atoms with Gasteiger partial charge in [0.1, 0.15) is 5.82 Å². The normalized spacial score (nSPS) is 10.4. The van der Waals surface area contributed by atoms with Gasteiger partial charge in [0.25, 0.3) is 0 Å². The number of unbranched alkanes of at least 4 members (excludes halogenated alkanes) is 1. The third-order valence-corrected chi connectivity index (χ3v) is 2.49. The minimum Gasteiger partial charge on any atom is -0.335 e. The molecule has 16 heavy (non-hydrogen) atoms. The van der Waals surface area contributed by atoms with E-state index in [9.17, 15) is 4.79 Å². The molecule has 1 rings (SSSR count). The number of imidazole rings is 1. The van der Waals surface area contributed by atoms with E-state index in [0.29, 0.717) is 6.42 Å². The monoisotopic (exact) mass is 224 g/mol. The second-order valence-electron chi connectivity index (χ2n) is 3.81. The Morgan fingerprint density at radius 1 is 1.56 bits per heavy atom. The zero-order chi connectivity index (χ0) is 11.8. The zero-order valence-corrected chi connectivity index (χ0v) is 9.78. The Morgan fingerprint density at radius 3 is 3.06 bits per heavy atom.